The van der Waals surface area contributed by atoms with Crippen LogP contribution < -0.4 is 10.6 Å². The van der Waals surface area contributed by atoms with Crippen molar-refractivity contribution in [1.82, 2.24) is 14.7 Å². The normalized spacial score (nSPS) is 15.2. The van der Waals surface area contributed by atoms with E-state index in [1.807, 2.05) is 25.1 Å². The van der Waals surface area contributed by atoms with Gasteiger partial charge in [-0.3, -0.25) is 9.48 Å². The number of aromatic nitrogens is 2. The number of amides is 1. The number of rotatable bonds is 3. The fourth-order valence-corrected chi connectivity index (χ4v) is 3.33. The van der Waals surface area contributed by atoms with Crippen molar-refractivity contribution < 1.29 is 18.0 Å². The molecule has 1 aromatic carbocycles. The summed E-state index contributed by atoms with van der Waals surface area (Å²) >= 11 is 0. The lowest BCUT2D eigenvalue weighted by atomic mass is 10.1. The highest BCUT2D eigenvalue weighted by atomic mass is 19.4. The van der Waals surface area contributed by atoms with E-state index in [-0.39, 0.29) is 18.0 Å². The zero-order valence-corrected chi connectivity index (χ0v) is 16.2. The number of nitrogens with zero attached hydrogens (tertiary/aromatic N) is 4. The molecule has 0 atom stereocenters. The number of nitrogens with two attached hydrogens (primary N) is 1. The summed E-state index contributed by atoms with van der Waals surface area (Å²) in [6, 6.07) is 5.88. The third-order valence-electron chi connectivity index (χ3n) is 5.32. The molecule has 1 fully saturated rings. The van der Waals surface area contributed by atoms with E-state index in [1.54, 1.807) is 11.8 Å². The van der Waals surface area contributed by atoms with Crippen LogP contribution in [0.1, 0.15) is 22.5 Å². The second-order valence-corrected chi connectivity index (χ2v) is 7.12. The second-order valence-electron chi connectivity index (χ2n) is 7.12. The first-order valence-corrected chi connectivity index (χ1v) is 9.08. The third-order valence-corrected chi connectivity index (χ3v) is 5.32. The highest BCUT2D eigenvalue weighted by molar-refractivity contribution is 5.76. The van der Waals surface area contributed by atoms with Gasteiger partial charge in [-0.2, -0.15) is 18.3 Å². The molecule has 0 spiro atoms. The summed E-state index contributed by atoms with van der Waals surface area (Å²) in [6.45, 7) is 6.94. The van der Waals surface area contributed by atoms with Crippen molar-refractivity contribution in [2.75, 3.05) is 36.8 Å². The average Bonchev–Trinajstić information content (AvgIpc) is 2.92. The molecule has 1 amide bonds. The van der Waals surface area contributed by atoms with Crippen molar-refractivity contribution in [1.29, 1.82) is 0 Å². The minimum absolute atomic E-state index is 0.0575. The minimum Gasteiger partial charge on any atom is -0.398 e. The van der Waals surface area contributed by atoms with Gasteiger partial charge < -0.3 is 15.5 Å². The van der Waals surface area contributed by atoms with Gasteiger partial charge in [0.15, 0.2) is 5.69 Å². The van der Waals surface area contributed by atoms with Crippen LogP contribution in [0.3, 0.4) is 0 Å². The Labute approximate surface area is 161 Å². The summed E-state index contributed by atoms with van der Waals surface area (Å²) < 4.78 is 40.2. The van der Waals surface area contributed by atoms with E-state index in [2.05, 4.69) is 10.00 Å². The van der Waals surface area contributed by atoms with Crippen LogP contribution in [0.2, 0.25) is 0 Å². The molecule has 2 N–H and O–H groups in total. The van der Waals surface area contributed by atoms with Crippen molar-refractivity contribution >= 4 is 17.3 Å². The van der Waals surface area contributed by atoms with E-state index in [9.17, 15) is 18.0 Å². The van der Waals surface area contributed by atoms with Gasteiger partial charge in [0, 0.05) is 48.8 Å². The zero-order chi connectivity index (χ0) is 20.6. The van der Waals surface area contributed by atoms with Crippen LogP contribution in [-0.2, 0) is 17.5 Å². The molecule has 3 rings (SSSR count). The second kappa shape index (κ2) is 7.37. The van der Waals surface area contributed by atoms with Crippen LogP contribution in [0.4, 0.5) is 24.5 Å². The predicted molar refractivity (Wildman–Crippen MR) is 101 cm³/mol. The fourth-order valence-electron chi connectivity index (χ4n) is 3.33. The highest BCUT2D eigenvalue weighted by Gasteiger charge is 2.37. The van der Waals surface area contributed by atoms with Crippen molar-refractivity contribution in [3.8, 4) is 0 Å². The molecule has 152 valence electrons. The van der Waals surface area contributed by atoms with Crippen LogP contribution in [0.25, 0.3) is 0 Å². The number of carbonyl (C=O) groups excluding carboxylic acids is 1. The number of aryl methyl sites for hydroxylation is 1. The maximum atomic E-state index is 13.0. The zero-order valence-electron chi connectivity index (χ0n) is 16.2. The quantitative estimate of drug-likeness (QED) is 0.812. The van der Waals surface area contributed by atoms with E-state index >= 15 is 0 Å². The van der Waals surface area contributed by atoms with Gasteiger partial charge in [0.1, 0.15) is 6.54 Å². The number of piperazine rings is 1. The van der Waals surface area contributed by atoms with Gasteiger partial charge in [-0.15, -0.1) is 0 Å². The molecule has 0 saturated carbocycles. The number of hydrogen-bond acceptors (Lipinski definition) is 4. The first-order chi connectivity index (χ1) is 13.1. The number of benzene rings is 1. The van der Waals surface area contributed by atoms with Gasteiger partial charge >= 0.3 is 6.18 Å². The topological polar surface area (TPSA) is 67.4 Å². The molecular formula is C19H24F3N5O. The van der Waals surface area contributed by atoms with Crippen molar-refractivity contribution in [2.45, 2.75) is 33.5 Å². The highest BCUT2D eigenvalue weighted by Crippen LogP contribution is 2.32. The summed E-state index contributed by atoms with van der Waals surface area (Å²) in [5.41, 5.74) is 8.19. The molecule has 6 nitrogen and oxygen atoms in total. The summed E-state index contributed by atoms with van der Waals surface area (Å²) in [6.07, 6.45) is -4.52. The Morgan fingerprint density at radius 1 is 1.14 bits per heavy atom. The maximum Gasteiger partial charge on any atom is 0.435 e. The number of hydrogen-bond donors (Lipinski definition) is 1. The molecule has 9 heteroatoms. The molecule has 0 bridgehead atoms. The smallest absolute Gasteiger partial charge is 0.398 e. The van der Waals surface area contributed by atoms with Gasteiger partial charge in [-0.25, -0.2) is 0 Å². The van der Waals surface area contributed by atoms with Gasteiger partial charge in [0.2, 0.25) is 5.91 Å². The summed E-state index contributed by atoms with van der Waals surface area (Å²) in [5.74, 6) is -0.234. The van der Waals surface area contributed by atoms with E-state index in [4.69, 9.17) is 5.73 Å². The monoisotopic (exact) mass is 395 g/mol. The number of nitrogen functional groups attached to an aromatic ring is 1. The van der Waals surface area contributed by atoms with Gasteiger partial charge in [-0.1, -0.05) is 6.07 Å². The number of alkyl halides is 3. The summed E-state index contributed by atoms with van der Waals surface area (Å²) in [7, 11) is 0. The Morgan fingerprint density at radius 2 is 1.79 bits per heavy atom. The molecule has 2 aromatic rings. The predicted octanol–water partition coefficient (Wildman–Crippen LogP) is 2.76. The largest absolute Gasteiger partial charge is 0.435 e. The standard InChI is InChI=1S/C19H24F3N5O/c1-12-4-5-15(10-16(12)23)25-6-8-26(9-7-25)17(28)11-27-14(3)13(2)18(24-27)19(20,21)22/h4-5,10H,6-9,11,23H2,1-3H3. The molecule has 0 unspecified atom stereocenters. The minimum atomic E-state index is -4.52. The Balaban J connectivity index is 1.64. The molecule has 2 heterocycles. The van der Waals surface area contributed by atoms with Gasteiger partial charge in [0.25, 0.3) is 0 Å². The Hall–Kier alpha value is -2.71. The van der Waals surface area contributed by atoms with Crippen LogP contribution in [0, 0.1) is 20.8 Å². The van der Waals surface area contributed by atoms with Crippen LogP contribution >= 0.6 is 0 Å². The molecule has 1 aromatic heterocycles. The molecule has 28 heavy (non-hydrogen) atoms. The number of anilines is 2. The lowest BCUT2D eigenvalue weighted by molar-refractivity contribution is -0.142. The Bertz CT molecular complexity index is 882. The maximum absolute atomic E-state index is 13.0. The van der Waals surface area contributed by atoms with E-state index in [0.29, 0.717) is 31.9 Å². The van der Waals surface area contributed by atoms with Gasteiger partial charge in [0.05, 0.1) is 0 Å². The first kappa shape index (κ1) is 20.0. The van der Waals surface area contributed by atoms with Gasteiger partial charge in [-0.05, 0) is 38.5 Å². The van der Waals surface area contributed by atoms with Crippen molar-refractivity contribution in [3.63, 3.8) is 0 Å². The molecule has 0 aliphatic carbocycles. The Morgan fingerprint density at radius 3 is 2.32 bits per heavy atom. The molecule has 1 saturated heterocycles. The van der Waals surface area contributed by atoms with Crippen molar-refractivity contribution in [2.24, 2.45) is 0 Å². The summed E-state index contributed by atoms with van der Waals surface area (Å²) in [5, 5.41) is 3.62. The summed E-state index contributed by atoms with van der Waals surface area (Å²) in [4.78, 5) is 16.4. The van der Waals surface area contributed by atoms with Crippen LogP contribution in [0.5, 0.6) is 0 Å². The van der Waals surface area contributed by atoms with Crippen LogP contribution in [0.15, 0.2) is 18.2 Å². The van der Waals surface area contributed by atoms with Crippen LogP contribution in [-0.4, -0.2) is 46.8 Å². The van der Waals surface area contributed by atoms with E-state index in [1.165, 1.54) is 6.92 Å². The number of carbonyl (C=O) groups is 1. The lowest BCUT2D eigenvalue weighted by Crippen LogP contribution is -2.49. The van der Waals surface area contributed by atoms with Crippen molar-refractivity contribution in [3.05, 3.63) is 40.7 Å². The molecule has 1 aliphatic rings. The fraction of sp³-hybridized carbons (Fsp3) is 0.474. The molecule has 1 aliphatic heterocycles. The van der Waals surface area contributed by atoms with E-state index in [0.717, 1.165) is 21.6 Å². The first-order valence-electron chi connectivity index (χ1n) is 9.08. The molecule has 0 radical (unpaired) electrons. The third kappa shape index (κ3) is 3.93. The Kier molecular flexibility index (Phi) is 5.27. The number of halogens is 3. The molecular weight excluding hydrogens is 371 g/mol. The lowest BCUT2D eigenvalue weighted by Gasteiger charge is -2.36. The average molecular weight is 395 g/mol. The SMILES string of the molecule is Cc1ccc(N2CCN(C(=O)Cn3nc(C(F)(F)F)c(C)c3C)CC2)cc1N. The van der Waals surface area contributed by atoms with E-state index < -0.39 is 11.9 Å².